The van der Waals surface area contributed by atoms with Crippen LogP contribution in [0.5, 0.6) is 0 Å². The lowest BCUT2D eigenvalue weighted by molar-refractivity contribution is -0.192. The van der Waals surface area contributed by atoms with Gasteiger partial charge in [0.2, 0.25) is 0 Å². The average Bonchev–Trinajstić information content (AvgIpc) is 3.08. The highest BCUT2D eigenvalue weighted by molar-refractivity contribution is 6.01. The fourth-order valence-electron chi connectivity index (χ4n) is 6.38. The highest BCUT2D eigenvalue weighted by Gasteiger charge is 2.73. The second-order valence-electron chi connectivity index (χ2n) is 12.5. The smallest absolute Gasteiger partial charge is 0.414 e. The number of rotatable bonds is 7. The first kappa shape index (κ1) is 31.0. The van der Waals surface area contributed by atoms with E-state index < -0.39 is 58.6 Å². The number of benzene rings is 1. The minimum absolute atomic E-state index is 0.0178. The van der Waals surface area contributed by atoms with Crippen molar-refractivity contribution in [3.05, 3.63) is 53.1 Å². The number of aryl methyl sites for hydroxylation is 1. The molecule has 8 nitrogen and oxygen atoms in total. The van der Waals surface area contributed by atoms with E-state index in [-0.39, 0.29) is 5.57 Å². The van der Waals surface area contributed by atoms with Gasteiger partial charge in [0.15, 0.2) is 17.5 Å². The number of unbranched alkanes of at least 4 members (excludes halogenated alkanes) is 1. The number of Topliss-reactive ketones (excluding diaryl/α,β-unsaturated/α-hetero) is 1. The van der Waals surface area contributed by atoms with Crippen molar-refractivity contribution in [1.82, 2.24) is 0 Å². The van der Waals surface area contributed by atoms with Gasteiger partial charge in [-0.05, 0) is 54.4 Å². The minimum atomic E-state index is -2.30. The Bertz CT molecular complexity index is 1170. The normalized spacial score (nSPS) is 31.6. The molecule has 0 heterocycles. The van der Waals surface area contributed by atoms with E-state index in [0.29, 0.717) is 17.7 Å². The number of hydrogen-bond acceptors (Lipinski definition) is 7. The number of ketones is 1. The predicted molar refractivity (Wildman–Crippen MR) is 152 cm³/mol. The van der Waals surface area contributed by atoms with Gasteiger partial charge in [-0.15, -0.1) is 0 Å². The van der Waals surface area contributed by atoms with Gasteiger partial charge < -0.3 is 25.8 Å². The number of nitrogens with two attached hydrogens (primary N) is 1. The summed E-state index contributed by atoms with van der Waals surface area (Å²) in [6.45, 7) is 12.3. The zero-order chi connectivity index (χ0) is 29.6. The third-order valence-corrected chi connectivity index (χ3v) is 9.02. The van der Waals surface area contributed by atoms with Crippen LogP contribution in [-0.4, -0.2) is 64.2 Å². The van der Waals surface area contributed by atoms with E-state index in [9.17, 15) is 24.9 Å². The fraction of sp³-hybridized carbons (Fsp3) is 0.613. The highest BCUT2D eigenvalue weighted by Crippen LogP contribution is 2.59. The third-order valence-electron chi connectivity index (χ3n) is 9.02. The van der Waals surface area contributed by atoms with Crippen LogP contribution in [0.15, 0.2) is 47.6 Å². The molecule has 0 aliphatic heterocycles. The van der Waals surface area contributed by atoms with Crippen molar-refractivity contribution in [2.45, 2.75) is 91.1 Å². The number of aliphatic hydroxyl groups excluding tert-OH is 2. The van der Waals surface area contributed by atoms with Gasteiger partial charge in [-0.2, -0.15) is 0 Å². The summed E-state index contributed by atoms with van der Waals surface area (Å²) in [4.78, 5) is 29.6. The monoisotopic (exact) mass is 542 g/mol. The summed E-state index contributed by atoms with van der Waals surface area (Å²) in [6, 6.07) is 7.32. The van der Waals surface area contributed by atoms with Gasteiger partial charge in [0.1, 0.15) is 6.10 Å². The zero-order valence-corrected chi connectivity index (χ0v) is 24.6. The first-order chi connectivity index (χ1) is 18.0. The van der Waals surface area contributed by atoms with Crippen LogP contribution < -0.4 is 10.6 Å². The van der Waals surface area contributed by atoms with Crippen LogP contribution in [0.2, 0.25) is 0 Å². The van der Waals surface area contributed by atoms with Crippen LogP contribution in [0.4, 0.5) is 10.5 Å². The molecule has 1 amide bonds. The van der Waals surface area contributed by atoms with Crippen molar-refractivity contribution in [3.63, 3.8) is 0 Å². The first-order valence-electron chi connectivity index (χ1n) is 13.8. The van der Waals surface area contributed by atoms with Crippen LogP contribution in [0.1, 0.15) is 66.4 Å². The van der Waals surface area contributed by atoms with Gasteiger partial charge in [-0.1, -0.05) is 77.8 Å². The van der Waals surface area contributed by atoms with E-state index in [0.717, 1.165) is 18.4 Å². The molecule has 39 heavy (non-hydrogen) atoms. The largest absolute Gasteiger partial charge is 0.438 e. The van der Waals surface area contributed by atoms with Crippen molar-refractivity contribution < 1.29 is 29.6 Å². The number of anilines is 1. The molecular weight excluding hydrogens is 496 g/mol. The van der Waals surface area contributed by atoms with Gasteiger partial charge in [0, 0.05) is 12.7 Å². The highest BCUT2D eigenvalue weighted by atomic mass is 16.6. The van der Waals surface area contributed by atoms with E-state index in [2.05, 4.69) is 0 Å². The second-order valence-corrected chi connectivity index (χ2v) is 12.5. The Morgan fingerprint density at radius 2 is 1.82 bits per heavy atom. The van der Waals surface area contributed by atoms with Crippen molar-refractivity contribution >= 4 is 17.6 Å². The van der Waals surface area contributed by atoms with E-state index in [1.807, 2.05) is 53.7 Å². The summed E-state index contributed by atoms with van der Waals surface area (Å²) in [6.07, 6.45) is 1.45. The zero-order valence-electron chi connectivity index (χ0n) is 24.6. The number of amides is 1. The Morgan fingerprint density at radius 3 is 2.36 bits per heavy atom. The maximum Gasteiger partial charge on any atom is 0.414 e. The molecule has 5 N–H and O–H groups in total. The molecule has 1 aromatic rings. The molecule has 0 saturated heterocycles. The molecule has 0 bridgehead atoms. The number of nitrogens with zero attached hydrogens (tertiary/aromatic N) is 1. The van der Waals surface area contributed by atoms with Crippen LogP contribution in [0.25, 0.3) is 0 Å². The van der Waals surface area contributed by atoms with Crippen molar-refractivity contribution in [2.75, 3.05) is 18.6 Å². The summed E-state index contributed by atoms with van der Waals surface area (Å²) < 4.78 is 5.97. The van der Waals surface area contributed by atoms with Crippen LogP contribution in [-0.2, 0) is 9.53 Å². The Morgan fingerprint density at radius 1 is 1.21 bits per heavy atom. The molecule has 0 radical (unpaired) electrons. The van der Waals surface area contributed by atoms with E-state index in [1.54, 1.807) is 32.2 Å². The van der Waals surface area contributed by atoms with Gasteiger partial charge in [0.05, 0.1) is 17.6 Å². The number of carbonyl (C=O) groups excluding carboxylic acids is 2. The van der Waals surface area contributed by atoms with Crippen LogP contribution in [0.3, 0.4) is 0 Å². The Hall–Kier alpha value is -2.52. The number of fused-ring (bicyclic) bond motifs is 1. The van der Waals surface area contributed by atoms with E-state index in [4.69, 9.17) is 10.5 Å². The predicted octanol–water partition coefficient (Wildman–Crippen LogP) is 4.05. The first-order valence-corrected chi connectivity index (χ1v) is 13.8. The number of hydrogen-bond donors (Lipinski definition) is 4. The molecule has 0 spiro atoms. The number of para-hydroxylation sites is 1. The summed E-state index contributed by atoms with van der Waals surface area (Å²) in [5, 5.41) is 34.9. The molecule has 0 saturated carbocycles. The Labute approximate surface area is 232 Å². The van der Waals surface area contributed by atoms with Gasteiger partial charge >= 0.3 is 6.09 Å². The molecule has 1 aromatic carbocycles. The quantitative estimate of drug-likeness (QED) is 0.382. The maximum atomic E-state index is 14.8. The lowest BCUT2D eigenvalue weighted by atomic mass is 9.55. The SMILES string of the molecule is CCCC[C@@H](C)C12C=C(C)C(OC(=O)N(C)c3ccccc3C)C1(O)C(O)C(CO)=CC(N)(C(C)(C)C)C2=O. The van der Waals surface area contributed by atoms with Crippen molar-refractivity contribution in [2.24, 2.45) is 22.5 Å². The Kier molecular flexibility index (Phi) is 8.59. The third kappa shape index (κ3) is 4.65. The average molecular weight is 543 g/mol. The summed E-state index contributed by atoms with van der Waals surface area (Å²) in [5.41, 5.74) is 2.39. The minimum Gasteiger partial charge on any atom is -0.438 e. The molecule has 2 aliphatic carbocycles. The Balaban J connectivity index is 2.23. The number of aliphatic hydroxyl groups is 3. The number of ether oxygens (including phenoxy) is 1. The van der Waals surface area contributed by atoms with Gasteiger partial charge in [-0.3, -0.25) is 9.69 Å². The summed E-state index contributed by atoms with van der Waals surface area (Å²) in [7, 11) is 1.57. The van der Waals surface area contributed by atoms with Crippen LogP contribution >= 0.6 is 0 Å². The van der Waals surface area contributed by atoms with Gasteiger partial charge in [0.25, 0.3) is 0 Å². The molecule has 2 aliphatic rings. The molecular formula is C31H46N2O6. The molecule has 216 valence electrons. The molecule has 6 atom stereocenters. The molecule has 0 aromatic heterocycles. The van der Waals surface area contributed by atoms with Gasteiger partial charge in [-0.25, -0.2) is 4.79 Å². The standard InChI is InChI=1S/C31H46N2O6/c1-9-10-14-21(4)29-16-20(3)25(39-27(37)33(8)23-15-12-11-13-19(23)2)31(29,38)24(35)22(18-34)17-30(32,26(29)36)28(5,6)7/h11-13,15-17,21,24-25,34-35,38H,9-10,14,18,32H2,1-8H3/t21-,24?,25?,29?,30?,31?/m1/s1. The van der Waals surface area contributed by atoms with Crippen molar-refractivity contribution in [1.29, 1.82) is 0 Å². The van der Waals surface area contributed by atoms with E-state index in [1.165, 1.54) is 11.0 Å². The summed E-state index contributed by atoms with van der Waals surface area (Å²) >= 11 is 0. The molecule has 5 unspecified atom stereocenters. The molecule has 3 rings (SSSR count). The molecule has 0 fully saturated rings. The number of carbonyl (C=O) groups is 2. The lowest BCUT2D eigenvalue weighted by Crippen LogP contribution is -2.70. The van der Waals surface area contributed by atoms with Crippen molar-refractivity contribution in [3.8, 4) is 0 Å². The maximum absolute atomic E-state index is 14.8. The second kappa shape index (κ2) is 10.8. The topological polar surface area (TPSA) is 133 Å². The fourth-order valence-corrected chi connectivity index (χ4v) is 6.38. The van der Waals surface area contributed by atoms with Crippen LogP contribution in [0, 0.1) is 23.7 Å². The lowest BCUT2D eigenvalue weighted by Gasteiger charge is -2.51. The summed E-state index contributed by atoms with van der Waals surface area (Å²) in [5.74, 6) is -0.935. The van der Waals surface area contributed by atoms with E-state index >= 15 is 0 Å². The molecule has 8 heteroatoms.